The van der Waals surface area contributed by atoms with Crippen LogP contribution in [0.25, 0.3) is 6.08 Å². The molecule has 15 heavy (non-hydrogen) atoms. The third-order valence-electron chi connectivity index (χ3n) is 1.64. The molecule has 0 radical (unpaired) electrons. The Morgan fingerprint density at radius 3 is 2.60 bits per heavy atom. The van der Waals surface area contributed by atoms with Gasteiger partial charge in [0.1, 0.15) is 0 Å². The standard InChI is InChI=1S/C10H8Cl3NO/c11-7-4-6(2-1-3-9(14)15)10(13)8(12)5-7/h1-2,4-5H,3H2,(H2,14,15). The molecule has 0 aliphatic heterocycles. The summed E-state index contributed by atoms with van der Waals surface area (Å²) in [6.07, 6.45) is 3.42. The van der Waals surface area contributed by atoms with Crippen LogP contribution in [0.1, 0.15) is 12.0 Å². The van der Waals surface area contributed by atoms with E-state index in [2.05, 4.69) is 0 Å². The van der Waals surface area contributed by atoms with Crippen LogP contribution < -0.4 is 5.73 Å². The maximum Gasteiger partial charge on any atom is 0.221 e. The van der Waals surface area contributed by atoms with Crippen LogP contribution in [0.5, 0.6) is 0 Å². The normalized spacial score (nSPS) is 10.9. The summed E-state index contributed by atoms with van der Waals surface area (Å²) in [5, 5.41) is 1.27. The quantitative estimate of drug-likeness (QED) is 0.834. The number of hydrogen-bond acceptors (Lipinski definition) is 1. The summed E-state index contributed by atoms with van der Waals surface area (Å²) in [5.74, 6) is -0.407. The molecule has 2 nitrogen and oxygen atoms in total. The van der Waals surface area contributed by atoms with Gasteiger partial charge in [0.05, 0.1) is 10.0 Å². The molecular weight excluding hydrogens is 256 g/mol. The first-order valence-corrected chi connectivity index (χ1v) is 5.23. The van der Waals surface area contributed by atoms with E-state index in [-0.39, 0.29) is 6.42 Å². The van der Waals surface area contributed by atoms with E-state index in [1.807, 2.05) is 0 Å². The van der Waals surface area contributed by atoms with Crippen molar-refractivity contribution < 1.29 is 4.79 Å². The summed E-state index contributed by atoms with van der Waals surface area (Å²) in [6, 6.07) is 3.21. The summed E-state index contributed by atoms with van der Waals surface area (Å²) in [4.78, 5) is 10.5. The average Bonchev–Trinajstić information content (AvgIpc) is 2.12. The minimum Gasteiger partial charge on any atom is -0.369 e. The molecule has 0 heterocycles. The number of halogens is 3. The van der Waals surface area contributed by atoms with E-state index in [0.717, 1.165) is 0 Å². The lowest BCUT2D eigenvalue weighted by Gasteiger charge is -2.01. The fourth-order valence-corrected chi connectivity index (χ4v) is 1.68. The Labute approximate surface area is 103 Å². The molecule has 0 aromatic heterocycles. The molecule has 1 aromatic rings. The van der Waals surface area contributed by atoms with Crippen molar-refractivity contribution in [1.82, 2.24) is 0 Å². The molecule has 0 bridgehead atoms. The van der Waals surface area contributed by atoms with Crippen molar-refractivity contribution in [2.24, 2.45) is 5.73 Å². The summed E-state index contributed by atoms with van der Waals surface area (Å²) in [5.41, 5.74) is 5.64. The third kappa shape index (κ3) is 3.74. The lowest BCUT2D eigenvalue weighted by atomic mass is 10.2. The summed E-state index contributed by atoms with van der Waals surface area (Å²) < 4.78 is 0. The lowest BCUT2D eigenvalue weighted by molar-refractivity contribution is -0.117. The molecule has 0 saturated heterocycles. The van der Waals surface area contributed by atoms with Crippen LogP contribution in [0.4, 0.5) is 0 Å². The zero-order chi connectivity index (χ0) is 11.4. The number of rotatable bonds is 3. The van der Waals surface area contributed by atoms with Crippen molar-refractivity contribution in [2.45, 2.75) is 6.42 Å². The second-order valence-electron chi connectivity index (χ2n) is 2.86. The van der Waals surface area contributed by atoms with Gasteiger partial charge in [0.2, 0.25) is 5.91 Å². The second-order valence-corrected chi connectivity index (χ2v) is 4.09. The maximum absolute atomic E-state index is 10.5. The van der Waals surface area contributed by atoms with E-state index < -0.39 is 5.91 Å². The fourth-order valence-electron chi connectivity index (χ4n) is 0.999. The van der Waals surface area contributed by atoms with Crippen molar-refractivity contribution >= 4 is 46.8 Å². The molecule has 0 spiro atoms. The van der Waals surface area contributed by atoms with Gasteiger partial charge in [-0.2, -0.15) is 0 Å². The Balaban J connectivity index is 2.94. The number of hydrogen-bond donors (Lipinski definition) is 1. The number of primary amides is 1. The zero-order valence-corrected chi connectivity index (χ0v) is 9.90. The molecule has 1 aromatic carbocycles. The minimum atomic E-state index is -0.407. The van der Waals surface area contributed by atoms with Crippen molar-refractivity contribution in [2.75, 3.05) is 0 Å². The van der Waals surface area contributed by atoms with Gasteiger partial charge < -0.3 is 5.73 Å². The Morgan fingerprint density at radius 2 is 2.00 bits per heavy atom. The molecule has 0 unspecified atom stereocenters. The van der Waals surface area contributed by atoms with Crippen molar-refractivity contribution in [3.8, 4) is 0 Å². The summed E-state index contributed by atoms with van der Waals surface area (Å²) >= 11 is 17.5. The van der Waals surface area contributed by atoms with Gasteiger partial charge in [-0.15, -0.1) is 0 Å². The van der Waals surface area contributed by atoms with Gasteiger partial charge in [0, 0.05) is 11.4 Å². The van der Waals surface area contributed by atoms with Gasteiger partial charge in [-0.1, -0.05) is 47.0 Å². The molecule has 0 aliphatic rings. The van der Waals surface area contributed by atoms with E-state index in [0.29, 0.717) is 20.6 Å². The van der Waals surface area contributed by atoms with Gasteiger partial charge in [-0.3, -0.25) is 4.79 Å². The highest BCUT2D eigenvalue weighted by Gasteiger charge is 2.04. The molecule has 80 valence electrons. The van der Waals surface area contributed by atoms with Crippen LogP contribution in [-0.2, 0) is 4.79 Å². The molecule has 5 heteroatoms. The fraction of sp³-hybridized carbons (Fsp3) is 0.100. The first-order chi connectivity index (χ1) is 7.00. The van der Waals surface area contributed by atoms with E-state index >= 15 is 0 Å². The molecule has 1 rings (SSSR count). The van der Waals surface area contributed by atoms with Crippen molar-refractivity contribution in [3.05, 3.63) is 38.8 Å². The largest absolute Gasteiger partial charge is 0.369 e. The predicted molar refractivity (Wildman–Crippen MR) is 64.3 cm³/mol. The molecule has 2 N–H and O–H groups in total. The van der Waals surface area contributed by atoms with Gasteiger partial charge in [0.25, 0.3) is 0 Å². The van der Waals surface area contributed by atoms with Gasteiger partial charge >= 0.3 is 0 Å². The highest BCUT2D eigenvalue weighted by molar-refractivity contribution is 6.44. The van der Waals surface area contributed by atoms with Crippen LogP contribution in [0, 0.1) is 0 Å². The van der Waals surface area contributed by atoms with Crippen LogP contribution in [-0.4, -0.2) is 5.91 Å². The minimum absolute atomic E-state index is 0.153. The first-order valence-electron chi connectivity index (χ1n) is 4.10. The molecule has 0 saturated carbocycles. The van der Waals surface area contributed by atoms with Crippen molar-refractivity contribution in [3.63, 3.8) is 0 Å². The average molecular weight is 265 g/mol. The summed E-state index contributed by atoms with van der Waals surface area (Å²) in [6.45, 7) is 0. The highest BCUT2D eigenvalue weighted by Crippen LogP contribution is 2.30. The smallest absolute Gasteiger partial charge is 0.221 e. The lowest BCUT2D eigenvalue weighted by Crippen LogP contribution is -2.07. The van der Waals surface area contributed by atoms with Crippen LogP contribution in [0.2, 0.25) is 15.1 Å². The zero-order valence-electron chi connectivity index (χ0n) is 7.64. The SMILES string of the molecule is NC(=O)CC=Cc1cc(Cl)cc(Cl)c1Cl. The van der Waals surface area contributed by atoms with Gasteiger partial charge in [-0.05, 0) is 17.7 Å². The molecule has 1 amide bonds. The van der Waals surface area contributed by atoms with E-state index in [4.69, 9.17) is 40.5 Å². The molecule has 0 fully saturated rings. The molecule has 0 aliphatic carbocycles. The molecule has 0 atom stereocenters. The Hall–Kier alpha value is -0.700. The number of carbonyl (C=O) groups is 1. The summed E-state index contributed by atoms with van der Waals surface area (Å²) in [7, 11) is 0. The van der Waals surface area contributed by atoms with Gasteiger partial charge in [-0.25, -0.2) is 0 Å². The Bertz CT molecular complexity index is 415. The Morgan fingerprint density at radius 1 is 1.33 bits per heavy atom. The number of carbonyl (C=O) groups excluding carboxylic acids is 1. The topological polar surface area (TPSA) is 43.1 Å². The molecular formula is C10H8Cl3NO. The van der Waals surface area contributed by atoms with E-state index in [9.17, 15) is 4.79 Å². The van der Waals surface area contributed by atoms with Crippen molar-refractivity contribution in [1.29, 1.82) is 0 Å². The van der Waals surface area contributed by atoms with Crippen LogP contribution in [0.15, 0.2) is 18.2 Å². The highest BCUT2D eigenvalue weighted by atomic mass is 35.5. The Kier molecular flexibility index (Phi) is 4.45. The number of nitrogens with two attached hydrogens (primary N) is 1. The maximum atomic E-state index is 10.5. The van der Waals surface area contributed by atoms with Gasteiger partial charge in [0.15, 0.2) is 0 Å². The number of amides is 1. The second kappa shape index (κ2) is 5.40. The number of benzene rings is 1. The third-order valence-corrected chi connectivity index (χ3v) is 2.67. The first kappa shape index (κ1) is 12.4. The van der Waals surface area contributed by atoms with E-state index in [1.165, 1.54) is 0 Å². The van der Waals surface area contributed by atoms with Crippen LogP contribution in [0.3, 0.4) is 0 Å². The monoisotopic (exact) mass is 263 g/mol. The van der Waals surface area contributed by atoms with E-state index in [1.54, 1.807) is 24.3 Å². The van der Waals surface area contributed by atoms with Crippen LogP contribution >= 0.6 is 34.8 Å². The predicted octanol–water partition coefficient (Wildman–Crippen LogP) is 3.54.